The lowest BCUT2D eigenvalue weighted by molar-refractivity contribution is 0.0965. The van der Waals surface area contributed by atoms with Crippen molar-refractivity contribution in [2.24, 2.45) is 5.92 Å². The molecule has 0 unspecified atom stereocenters. The molecule has 1 nitrogen and oxygen atoms in total. The molecule has 20 heavy (non-hydrogen) atoms. The molecular weight excluding hydrogens is 282 g/mol. The van der Waals surface area contributed by atoms with E-state index in [1.807, 2.05) is 0 Å². The van der Waals surface area contributed by atoms with Crippen LogP contribution in [0.4, 0.5) is 8.78 Å². The Kier molecular flexibility index (Phi) is 3.30. The van der Waals surface area contributed by atoms with Gasteiger partial charge in [0.2, 0.25) is 0 Å². The van der Waals surface area contributed by atoms with Crippen molar-refractivity contribution in [2.45, 2.75) is 12.3 Å². The molecule has 1 aliphatic carbocycles. The van der Waals surface area contributed by atoms with Crippen LogP contribution in [0.1, 0.15) is 28.3 Å². The maximum absolute atomic E-state index is 13.8. The standard InChI is InChI=1S/C16H11ClF2O/c17-13-2-1-3-14(19)15(13)11-8-12(11)16(20)9-4-6-10(18)7-5-9/h1-7,11-12H,8H2/t11-,12-/m1/s1. The number of carbonyl (C=O) groups is 1. The predicted molar refractivity (Wildman–Crippen MR) is 73.0 cm³/mol. The number of hydrogen-bond acceptors (Lipinski definition) is 1. The van der Waals surface area contributed by atoms with Crippen LogP contribution in [-0.4, -0.2) is 5.78 Å². The molecule has 0 bridgehead atoms. The van der Waals surface area contributed by atoms with Gasteiger partial charge in [-0.05, 0) is 48.7 Å². The zero-order valence-corrected chi connectivity index (χ0v) is 11.2. The van der Waals surface area contributed by atoms with E-state index in [1.54, 1.807) is 12.1 Å². The number of halogens is 3. The van der Waals surface area contributed by atoms with E-state index >= 15 is 0 Å². The Labute approximate surface area is 120 Å². The summed E-state index contributed by atoms with van der Waals surface area (Å²) in [4.78, 5) is 12.2. The zero-order chi connectivity index (χ0) is 14.3. The molecule has 0 radical (unpaired) electrons. The number of Topliss-reactive ketones (excluding diaryl/α,β-unsaturated/α-hetero) is 1. The van der Waals surface area contributed by atoms with Gasteiger partial charge in [0.15, 0.2) is 5.78 Å². The monoisotopic (exact) mass is 292 g/mol. The van der Waals surface area contributed by atoms with Gasteiger partial charge in [0.25, 0.3) is 0 Å². The molecule has 0 amide bonds. The first-order valence-corrected chi connectivity index (χ1v) is 6.69. The molecule has 2 atom stereocenters. The van der Waals surface area contributed by atoms with Gasteiger partial charge in [-0.25, -0.2) is 8.78 Å². The molecular formula is C16H11ClF2O. The molecule has 2 aromatic carbocycles. The molecule has 102 valence electrons. The minimum atomic E-state index is -0.383. The van der Waals surface area contributed by atoms with Crippen LogP contribution in [0.5, 0.6) is 0 Å². The average Bonchev–Trinajstić information content (AvgIpc) is 3.19. The SMILES string of the molecule is O=C(c1ccc(F)cc1)[C@@H]1C[C@H]1c1c(F)cccc1Cl. The van der Waals surface area contributed by atoms with Gasteiger partial charge in [0, 0.05) is 22.1 Å². The van der Waals surface area contributed by atoms with Gasteiger partial charge in [-0.2, -0.15) is 0 Å². The Balaban J connectivity index is 1.82. The molecule has 0 heterocycles. The summed E-state index contributed by atoms with van der Waals surface area (Å²) < 4.78 is 26.6. The van der Waals surface area contributed by atoms with Gasteiger partial charge in [-0.15, -0.1) is 0 Å². The van der Waals surface area contributed by atoms with E-state index < -0.39 is 0 Å². The topological polar surface area (TPSA) is 17.1 Å². The van der Waals surface area contributed by atoms with Crippen LogP contribution in [0.25, 0.3) is 0 Å². The van der Waals surface area contributed by atoms with Gasteiger partial charge in [0.05, 0.1) is 0 Å². The third-order valence-corrected chi connectivity index (χ3v) is 3.96. The Bertz CT molecular complexity index is 646. The highest BCUT2D eigenvalue weighted by Crippen LogP contribution is 2.51. The second-order valence-corrected chi connectivity index (χ2v) is 5.36. The van der Waals surface area contributed by atoms with Crippen molar-refractivity contribution in [1.82, 2.24) is 0 Å². The maximum Gasteiger partial charge on any atom is 0.166 e. The summed E-state index contributed by atoms with van der Waals surface area (Å²) in [6, 6.07) is 9.92. The van der Waals surface area contributed by atoms with E-state index in [-0.39, 0.29) is 29.3 Å². The third-order valence-electron chi connectivity index (χ3n) is 3.63. The van der Waals surface area contributed by atoms with Crippen LogP contribution < -0.4 is 0 Å². The van der Waals surface area contributed by atoms with Crippen LogP contribution in [0, 0.1) is 17.6 Å². The van der Waals surface area contributed by atoms with E-state index in [9.17, 15) is 13.6 Å². The Morgan fingerprint density at radius 1 is 1.10 bits per heavy atom. The van der Waals surface area contributed by atoms with Gasteiger partial charge in [0.1, 0.15) is 11.6 Å². The number of carbonyl (C=O) groups excluding carboxylic acids is 1. The van der Waals surface area contributed by atoms with E-state index in [0.717, 1.165) is 0 Å². The smallest absolute Gasteiger partial charge is 0.166 e. The first-order chi connectivity index (χ1) is 9.58. The lowest BCUT2D eigenvalue weighted by atomic mass is 10.0. The van der Waals surface area contributed by atoms with Crippen LogP contribution >= 0.6 is 11.6 Å². The second kappa shape index (κ2) is 4.98. The minimum Gasteiger partial charge on any atom is -0.294 e. The Hall–Kier alpha value is -1.74. The zero-order valence-electron chi connectivity index (χ0n) is 10.4. The van der Waals surface area contributed by atoms with Gasteiger partial charge in [-0.1, -0.05) is 17.7 Å². The molecule has 0 saturated heterocycles. The first kappa shape index (κ1) is 13.3. The van der Waals surface area contributed by atoms with Crippen molar-refractivity contribution in [3.05, 3.63) is 70.2 Å². The molecule has 3 rings (SSSR count). The van der Waals surface area contributed by atoms with E-state index in [0.29, 0.717) is 22.6 Å². The lowest BCUT2D eigenvalue weighted by Crippen LogP contribution is -2.04. The number of hydrogen-bond donors (Lipinski definition) is 0. The molecule has 2 aromatic rings. The van der Waals surface area contributed by atoms with Crippen LogP contribution in [0.2, 0.25) is 5.02 Å². The van der Waals surface area contributed by atoms with Gasteiger partial charge >= 0.3 is 0 Å². The Morgan fingerprint density at radius 2 is 1.80 bits per heavy atom. The molecule has 1 saturated carbocycles. The fourth-order valence-corrected chi connectivity index (χ4v) is 2.80. The molecule has 4 heteroatoms. The molecule has 1 aliphatic rings. The van der Waals surface area contributed by atoms with Crippen molar-refractivity contribution in [3.8, 4) is 0 Å². The largest absolute Gasteiger partial charge is 0.294 e. The fourth-order valence-electron chi connectivity index (χ4n) is 2.50. The highest BCUT2D eigenvalue weighted by Gasteiger charge is 2.46. The first-order valence-electron chi connectivity index (χ1n) is 6.31. The van der Waals surface area contributed by atoms with Crippen LogP contribution in [0.15, 0.2) is 42.5 Å². The summed E-state index contributed by atoms with van der Waals surface area (Å²) in [6.07, 6.45) is 0.580. The summed E-state index contributed by atoms with van der Waals surface area (Å²) in [6.45, 7) is 0. The predicted octanol–water partition coefficient (Wildman–Crippen LogP) is 4.60. The summed E-state index contributed by atoms with van der Waals surface area (Å²) >= 11 is 6.00. The quantitative estimate of drug-likeness (QED) is 0.755. The van der Waals surface area contributed by atoms with Crippen molar-refractivity contribution in [1.29, 1.82) is 0 Å². The van der Waals surface area contributed by atoms with E-state index in [4.69, 9.17) is 11.6 Å². The molecule has 0 N–H and O–H groups in total. The molecule has 0 aromatic heterocycles. The molecule has 1 fully saturated rings. The van der Waals surface area contributed by atoms with E-state index in [1.165, 1.54) is 30.3 Å². The summed E-state index contributed by atoms with van der Waals surface area (Å²) in [7, 11) is 0. The average molecular weight is 293 g/mol. The minimum absolute atomic E-state index is 0.0886. The summed E-state index contributed by atoms with van der Waals surface area (Å²) in [5.41, 5.74) is 0.862. The molecule has 0 aliphatic heterocycles. The maximum atomic E-state index is 13.8. The second-order valence-electron chi connectivity index (χ2n) is 4.96. The van der Waals surface area contributed by atoms with E-state index in [2.05, 4.69) is 0 Å². The normalized spacial score (nSPS) is 20.8. The highest BCUT2D eigenvalue weighted by molar-refractivity contribution is 6.31. The summed E-state index contributed by atoms with van der Waals surface area (Å²) in [5, 5.41) is 0.351. The Morgan fingerprint density at radius 3 is 2.45 bits per heavy atom. The van der Waals surface area contributed by atoms with Gasteiger partial charge in [-0.3, -0.25) is 4.79 Å². The fraction of sp³-hybridized carbons (Fsp3) is 0.188. The number of rotatable bonds is 3. The number of benzene rings is 2. The van der Waals surface area contributed by atoms with Crippen LogP contribution in [-0.2, 0) is 0 Å². The molecule has 0 spiro atoms. The number of ketones is 1. The lowest BCUT2D eigenvalue weighted by Gasteiger charge is -2.05. The van der Waals surface area contributed by atoms with Crippen molar-refractivity contribution < 1.29 is 13.6 Å². The van der Waals surface area contributed by atoms with Gasteiger partial charge < -0.3 is 0 Å². The van der Waals surface area contributed by atoms with Crippen molar-refractivity contribution >= 4 is 17.4 Å². The highest BCUT2D eigenvalue weighted by atomic mass is 35.5. The summed E-state index contributed by atoms with van der Waals surface area (Å²) in [5.74, 6) is -1.30. The van der Waals surface area contributed by atoms with Crippen molar-refractivity contribution in [2.75, 3.05) is 0 Å². The van der Waals surface area contributed by atoms with Crippen molar-refractivity contribution in [3.63, 3.8) is 0 Å². The third kappa shape index (κ3) is 2.34. The van der Waals surface area contributed by atoms with Crippen LogP contribution in [0.3, 0.4) is 0 Å².